The molecule has 4 N–H and O–H groups in total. The Bertz CT molecular complexity index is 473. The molecule has 0 aliphatic heterocycles. The molecule has 1 fully saturated rings. The minimum absolute atomic E-state index is 0.163. The molecule has 1 aliphatic rings. The quantitative estimate of drug-likeness (QED) is 0.731. The Morgan fingerprint density at radius 1 is 1.37 bits per heavy atom. The molecule has 0 bridgehead atoms. The van der Waals surface area contributed by atoms with E-state index in [1.807, 2.05) is 0 Å². The van der Waals surface area contributed by atoms with Gasteiger partial charge in [-0.3, -0.25) is 0 Å². The number of carboxylic acid groups (broad SMARTS) is 1. The van der Waals surface area contributed by atoms with Crippen molar-refractivity contribution in [3.8, 4) is 0 Å². The number of hydrogen-bond acceptors (Lipinski definition) is 3. The van der Waals surface area contributed by atoms with Gasteiger partial charge in [0.2, 0.25) is 0 Å². The number of nitrogen functional groups attached to an aromatic ring is 1. The van der Waals surface area contributed by atoms with Gasteiger partial charge in [-0.15, -0.1) is 0 Å². The van der Waals surface area contributed by atoms with Crippen LogP contribution in [0.1, 0.15) is 43.5 Å². The van der Waals surface area contributed by atoms with Crippen LogP contribution in [0.3, 0.4) is 0 Å². The van der Waals surface area contributed by atoms with Gasteiger partial charge in [0, 0.05) is 17.4 Å². The lowest BCUT2D eigenvalue weighted by Crippen LogP contribution is -2.35. The minimum Gasteiger partial charge on any atom is -0.478 e. The van der Waals surface area contributed by atoms with Gasteiger partial charge < -0.3 is 16.2 Å². The highest BCUT2D eigenvalue weighted by molar-refractivity contribution is 5.94. The highest BCUT2D eigenvalue weighted by atomic mass is 16.4. The van der Waals surface area contributed by atoms with E-state index in [0.29, 0.717) is 17.6 Å². The Hall–Kier alpha value is -1.71. The van der Waals surface area contributed by atoms with Gasteiger partial charge in [0.25, 0.3) is 0 Å². The lowest BCUT2D eigenvalue weighted by atomic mass is 9.78. The number of aromatic carboxylic acids is 1. The number of hydrogen-bond donors (Lipinski definition) is 3. The van der Waals surface area contributed by atoms with Crippen molar-refractivity contribution in [3.05, 3.63) is 23.8 Å². The monoisotopic (exact) mass is 262 g/mol. The fourth-order valence-corrected chi connectivity index (χ4v) is 2.85. The van der Waals surface area contributed by atoms with Gasteiger partial charge in [0.15, 0.2) is 0 Å². The summed E-state index contributed by atoms with van der Waals surface area (Å²) in [7, 11) is 0. The third-order valence-electron chi connectivity index (χ3n) is 4.34. The van der Waals surface area contributed by atoms with Crippen LogP contribution in [0.5, 0.6) is 0 Å². The molecule has 1 aromatic rings. The van der Waals surface area contributed by atoms with Gasteiger partial charge in [-0.2, -0.15) is 0 Å². The number of carbonyl (C=O) groups is 1. The van der Waals surface area contributed by atoms with Crippen LogP contribution in [-0.2, 0) is 0 Å². The van der Waals surface area contributed by atoms with E-state index in [1.54, 1.807) is 18.2 Å². The second-order valence-electron chi connectivity index (χ2n) is 5.63. The topological polar surface area (TPSA) is 75.3 Å². The number of benzene rings is 1. The summed E-state index contributed by atoms with van der Waals surface area (Å²) in [5, 5.41) is 12.4. The van der Waals surface area contributed by atoms with E-state index >= 15 is 0 Å². The number of anilines is 2. The Balaban J connectivity index is 2.11. The first-order valence-electron chi connectivity index (χ1n) is 6.88. The fourth-order valence-electron chi connectivity index (χ4n) is 2.85. The Kier molecular flexibility index (Phi) is 3.98. The van der Waals surface area contributed by atoms with E-state index < -0.39 is 5.97 Å². The highest BCUT2D eigenvalue weighted by Gasteiger charge is 2.26. The highest BCUT2D eigenvalue weighted by Crippen LogP contribution is 2.32. The summed E-state index contributed by atoms with van der Waals surface area (Å²) in [6, 6.07) is 5.52. The second kappa shape index (κ2) is 5.51. The molecule has 0 spiro atoms. The summed E-state index contributed by atoms with van der Waals surface area (Å²) in [5.74, 6) is 0.361. The van der Waals surface area contributed by atoms with Gasteiger partial charge in [-0.05, 0) is 36.5 Å². The van der Waals surface area contributed by atoms with E-state index in [-0.39, 0.29) is 5.56 Å². The van der Waals surface area contributed by atoms with Crippen LogP contribution in [0.25, 0.3) is 0 Å². The second-order valence-corrected chi connectivity index (χ2v) is 5.63. The maximum Gasteiger partial charge on any atom is 0.337 e. The summed E-state index contributed by atoms with van der Waals surface area (Å²) in [6.07, 6.45) is 3.69. The summed E-state index contributed by atoms with van der Waals surface area (Å²) < 4.78 is 0. The zero-order chi connectivity index (χ0) is 14.0. The van der Waals surface area contributed by atoms with Crippen LogP contribution < -0.4 is 11.1 Å². The molecule has 0 heterocycles. The molecule has 0 saturated heterocycles. The van der Waals surface area contributed by atoms with Gasteiger partial charge >= 0.3 is 5.97 Å². The molecule has 2 rings (SSSR count). The molecule has 1 aliphatic carbocycles. The Morgan fingerprint density at radius 2 is 2.11 bits per heavy atom. The first kappa shape index (κ1) is 13.7. The molecule has 3 atom stereocenters. The van der Waals surface area contributed by atoms with Crippen molar-refractivity contribution in [2.75, 3.05) is 11.1 Å². The van der Waals surface area contributed by atoms with E-state index in [0.717, 1.165) is 18.0 Å². The SMILES string of the molecule is CC1CCCC(Nc2ccc(C(=O)O)c(N)c2)C1C. The number of carboxylic acids is 1. The predicted molar refractivity (Wildman–Crippen MR) is 77.4 cm³/mol. The maximum absolute atomic E-state index is 10.9. The normalized spacial score (nSPS) is 26.9. The fraction of sp³-hybridized carbons (Fsp3) is 0.533. The molecule has 0 aromatic heterocycles. The van der Waals surface area contributed by atoms with Crippen molar-refractivity contribution in [1.82, 2.24) is 0 Å². The average molecular weight is 262 g/mol. The van der Waals surface area contributed by atoms with Crippen molar-refractivity contribution >= 4 is 17.3 Å². The molecular weight excluding hydrogens is 240 g/mol. The minimum atomic E-state index is -0.983. The first-order chi connectivity index (χ1) is 8.99. The molecule has 19 heavy (non-hydrogen) atoms. The van der Waals surface area contributed by atoms with E-state index in [1.165, 1.54) is 12.8 Å². The van der Waals surface area contributed by atoms with Gasteiger partial charge in [0.05, 0.1) is 5.56 Å². The Labute approximate surface area is 114 Å². The van der Waals surface area contributed by atoms with Crippen LogP contribution in [0.4, 0.5) is 11.4 Å². The van der Waals surface area contributed by atoms with Crippen molar-refractivity contribution in [3.63, 3.8) is 0 Å². The number of nitrogens with one attached hydrogen (secondary N) is 1. The zero-order valence-electron chi connectivity index (χ0n) is 11.5. The number of rotatable bonds is 3. The molecule has 1 aromatic carbocycles. The molecule has 104 valence electrons. The summed E-state index contributed by atoms with van der Waals surface area (Å²) in [5.41, 5.74) is 7.16. The van der Waals surface area contributed by atoms with E-state index in [4.69, 9.17) is 10.8 Å². The molecule has 1 saturated carbocycles. The lowest BCUT2D eigenvalue weighted by Gasteiger charge is -2.35. The van der Waals surface area contributed by atoms with Crippen molar-refractivity contribution in [2.45, 2.75) is 39.2 Å². The average Bonchev–Trinajstić information content (AvgIpc) is 2.34. The summed E-state index contributed by atoms with van der Waals surface area (Å²) in [4.78, 5) is 10.9. The van der Waals surface area contributed by atoms with Crippen molar-refractivity contribution < 1.29 is 9.90 Å². The van der Waals surface area contributed by atoms with Crippen LogP contribution in [0.2, 0.25) is 0 Å². The first-order valence-corrected chi connectivity index (χ1v) is 6.88. The zero-order valence-corrected chi connectivity index (χ0v) is 11.5. The molecular formula is C15H22N2O2. The maximum atomic E-state index is 10.9. The van der Waals surface area contributed by atoms with Crippen molar-refractivity contribution in [1.29, 1.82) is 0 Å². The molecule has 4 nitrogen and oxygen atoms in total. The predicted octanol–water partition coefficient (Wildman–Crippen LogP) is 3.20. The van der Waals surface area contributed by atoms with Crippen LogP contribution in [0.15, 0.2) is 18.2 Å². The number of nitrogens with two attached hydrogens (primary N) is 1. The Morgan fingerprint density at radius 3 is 2.74 bits per heavy atom. The van der Waals surface area contributed by atoms with Crippen LogP contribution >= 0.6 is 0 Å². The molecule has 0 amide bonds. The smallest absolute Gasteiger partial charge is 0.337 e. The van der Waals surface area contributed by atoms with Gasteiger partial charge in [0.1, 0.15) is 0 Å². The standard InChI is InChI=1S/C15H22N2O2/c1-9-4-3-5-14(10(9)2)17-11-6-7-12(15(18)19)13(16)8-11/h6-10,14,17H,3-5,16H2,1-2H3,(H,18,19). The molecule has 3 unspecified atom stereocenters. The van der Waals surface area contributed by atoms with Crippen LogP contribution in [0, 0.1) is 11.8 Å². The summed E-state index contributed by atoms with van der Waals surface area (Å²) >= 11 is 0. The lowest BCUT2D eigenvalue weighted by molar-refractivity contribution is 0.0698. The van der Waals surface area contributed by atoms with Crippen LogP contribution in [-0.4, -0.2) is 17.1 Å². The van der Waals surface area contributed by atoms with E-state index in [9.17, 15) is 4.79 Å². The van der Waals surface area contributed by atoms with E-state index in [2.05, 4.69) is 19.2 Å². The largest absolute Gasteiger partial charge is 0.478 e. The molecule has 0 radical (unpaired) electrons. The third kappa shape index (κ3) is 3.00. The van der Waals surface area contributed by atoms with Crippen molar-refractivity contribution in [2.24, 2.45) is 11.8 Å². The van der Waals surface area contributed by atoms with Gasteiger partial charge in [-0.25, -0.2) is 4.79 Å². The third-order valence-corrected chi connectivity index (χ3v) is 4.34. The van der Waals surface area contributed by atoms with Gasteiger partial charge in [-0.1, -0.05) is 26.7 Å². The molecule has 4 heteroatoms. The summed E-state index contributed by atoms with van der Waals surface area (Å²) in [6.45, 7) is 4.57.